The van der Waals surface area contributed by atoms with Crippen LogP contribution in [0.3, 0.4) is 0 Å². The number of carbonyl (C=O) groups is 2. The van der Waals surface area contributed by atoms with Crippen LogP contribution >= 0.6 is 0 Å². The molecule has 140 valence electrons. The number of amides is 2. The van der Waals surface area contributed by atoms with Gasteiger partial charge in [-0.05, 0) is 38.3 Å². The number of anilines is 1. The highest BCUT2D eigenvalue weighted by Crippen LogP contribution is 2.38. The maximum absolute atomic E-state index is 12.7. The average Bonchev–Trinajstić information content (AvgIpc) is 2.63. The molecule has 2 rings (SSSR count). The summed E-state index contributed by atoms with van der Waals surface area (Å²) in [5.74, 6) is -0.255. The molecule has 0 aliphatic carbocycles. The van der Waals surface area contributed by atoms with Crippen LogP contribution in [0.2, 0.25) is 0 Å². The van der Waals surface area contributed by atoms with Crippen LogP contribution in [-0.4, -0.2) is 37.0 Å². The van der Waals surface area contributed by atoms with E-state index in [1.165, 1.54) is 0 Å². The maximum Gasteiger partial charge on any atom is 0.239 e. The number of hydrogen-bond donors (Lipinski definition) is 2. The minimum Gasteiger partial charge on any atom is -0.359 e. The summed E-state index contributed by atoms with van der Waals surface area (Å²) in [5, 5.41) is 14.4. The second-order valence-electron chi connectivity index (χ2n) is 6.90. The SMILES string of the molecule is CC[C@H](C)NC(=O)[C@H]1C[C@@H](C)N(CC(=O)NCCC#N)c2ccccc21. The van der Waals surface area contributed by atoms with Gasteiger partial charge in [0, 0.05) is 24.3 Å². The molecule has 26 heavy (non-hydrogen) atoms. The van der Waals surface area contributed by atoms with E-state index in [0.717, 1.165) is 17.7 Å². The number of para-hydroxylation sites is 1. The van der Waals surface area contributed by atoms with E-state index < -0.39 is 0 Å². The number of benzene rings is 1. The van der Waals surface area contributed by atoms with Crippen LogP contribution in [0.1, 0.15) is 51.5 Å². The summed E-state index contributed by atoms with van der Waals surface area (Å²) < 4.78 is 0. The van der Waals surface area contributed by atoms with Crippen LogP contribution in [0.5, 0.6) is 0 Å². The Morgan fingerprint density at radius 2 is 2.12 bits per heavy atom. The molecule has 1 aromatic carbocycles. The minimum atomic E-state index is -0.201. The van der Waals surface area contributed by atoms with Gasteiger partial charge in [-0.1, -0.05) is 25.1 Å². The first kappa shape index (κ1) is 19.8. The number of nitrogens with zero attached hydrogens (tertiary/aromatic N) is 2. The Bertz CT molecular complexity index is 683. The van der Waals surface area contributed by atoms with E-state index in [0.29, 0.717) is 19.4 Å². The van der Waals surface area contributed by atoms with Gasteiger partial charge in [-0.2, -0.15) is 5.26 Å². The van der Waals surface area contributed by atoms with Gasteiger partial charge in [0.05, 0.1) is 25.0 Å². The van der Waals surface area contributed by atoms with Crippen LogP contribution in [0.4, 0.5) is 5.69 Å². The Hall–Kier alpha value is -2.55. The van der Waals surface area contributed by atoms with Gasteiger partial charge in [0.25, 0.3) is 0 Å². The number of hydrogen-bond acceptors (Lipinski definition) is 4. The molecule has 0 saturated heterocycles. The van der Waals surface area contributed by atoms with E-state index in [4.69, 9.17) is 5.26 Å². The van der Waals surface area contributed by atoms with E-state index in [-0.39, 0.29) is 36.4 Å². The van der Waals surface area contributed by atoms with Crippen molar-refractivity contribution in [1.29, 1.82) is 5.26 Å². The molecule has 0 spiro atoms. The minimum absolute atomic E-state index is 0.0526. The fourth-order valence-electron chi connectivity index (χ4n) is 3.28. The quantitative estimate of drug-likeness (QED) is 0.734. The molecule has 1 aliphatic heterocycles. The Balaban J connectivity index is 2.17. The Morgan fingerprint density at radius 1 is 1.38 bits per heavy atom. The van der Waals surface area contributed by atoms with Crippen LogP contribution in [0.15, 0.2) is 24.3 Å². The third kappa shape index (κ3) is 4.75. The van der Waals surface area contributed by atoms with Gasteiger partial charge >= 0.3 is 0 Å². The lowest BCUT2D eigenvalue weighted by atomic mass is 9.85. The first-order valence-corrected chi connectivity index (χ1v) is 9.27. The number of nitrogens with one attached hydrogen (secondary N) is 2. The van der Waals surface area contributed by atoms with Crippen molar-refractivity contribution >= 4 is 17.5 Å². The summed E-state index contributed by atoms with van der Waals surface area (Å²) in [5.41, 5.74) is 1.90. The van der Waals surface area contributed by atoms with Crippen LogP contribution in [0.25, 0.3) is 0 Å². The van der Waals surface area contributed by atoms with Crippen molar-refractivity contribution in [2.75, 3.05) is 18.0 Å². The van der Waals surface area contributed by atoms with Gasteiger partial charge < -0.3 is 15.5 Å². The molecule has 2 N–H and O–H groups in total. The van der Waals surface area contributed by atoms with Crippen molar-refractivity contribution in [1.82, 2.24) is 10.6 Å². The Kier molecular flexibility index (Phi) is 7.02. The van der Waals surface area contributed by atoms with E-state index in [1.54, 1.807) is 0 Å². The topological polar surface area (TPSA) is 85.2 Å². The third-order valence-corrected chi connectivity index (χ3v) is 4.92. The zero-order chi connectivity index (χ0) is 19.1. The largest absolute Gasteiger partial charge is 0.359 e. The van der Waals surface area contributed by atoms with Crippen LogP contribution in [0, 0.1) is 11.3 Å². The first-order valence-electron chi connectivity index (χ1n) is 9.27. The van der Waals surface area contributed by atoms with Gasteiger partial charge in [0.1, 0.15) is 0 Å². The van der Waals surface area contributed by atoms with Crippen LogP contribution < -0.4 is 15.5 Å². The van der Waals surface area contributed by atoms with Crippen molar-refractivity contribution in [2.45, 2.75) is 58.0 Å². The van der Waals surface area contributed by atoms with Gasteiger partial charge in [0.15, 0.2) is 0 Å². The molecule has 0 bridgehead atoms. The normalized spacial score (nSPS) is 19.8. The van der Waals surface area contributed by atoms with E-state index >= 15 is 0 Å². The summed E-state index contributed by atoms with van der Waals surface area (Å²) in [4.78, 5) is 27.0. The van der Waals surface area contributed by atoms with Gasteiger partial charge in [-0.3, -0.25) is 9.59 Å². The lowest BCUT2D eigenvalue weighted by molar-refractivity contribution is -0.123. The van der Waals surface area contributed by atoms with Gasteiger partial charge in [-0.15, -0.1) is 0 Å². The highest BCUT2D eigenvalue weighted by Gasteiger charge is 2.34. The fraction of sp³-hybridized carbons (Fsp3) is 0.550. The highest BCUT2D eigenvalue weighted by molar-refractivity contribution is 5.88. The number of carbonyl (C=O) groups excluding carboxylic acids is 2. The molecular weight excluding hydrogens is 328 g/mol. The number of nitriles is 1. The summed E-state index contributed by atoms with van der Waals surface area (Å²) in [7, 11) is 0. The second-order valence-corrected chi connectivity index (χ2v) is 6.90. The van der Waals surface area contributed by atoms with Gasteiger partial charge in [0.2, 0.25) is 11.8 Å². The Morgan fingerprint density at radius 3 is 2.81 bits per heavy atom. The lowest BCUT2D eigenvalue weighted by Gasteiger charge is -2.40. The molecule has 0 fully saturated rings. The maximum atomic E-state index is 12.7. The fourth-order valence-corrected chi connectivity index (χ4v) is 3.28. The zero-order valence-corrected chi connectivity index (χ0v) is 15.8. The molecule has 1 aromatic rings. The summed E-state index contributed by atoms with van der Waals surface area (Å²) >= 11 is 0. The van der Waals surface area contributed by atoms with Gasteiger partial charge in [-0.25, -0.2) is 0 Å². The predicted octanol–water partition coefficient (Wildman–Crippen LogP) is 2.31. The summed E-state index contributed by atoms with van der Waals surface area (Å²) in [6.45, 7) is 6.69. The highest BCUT2D eigenvalue weighted by atomic mass is 16.2. The molecule has 0 aromatic heterocycles. The molecule has 0 unspecified atom stereocenters. The summed E-state index contributed by atoms with van der Waals surface area (Å²) in [6.07, 6.45) is 1.87. The molecule has 0 radical (unpaired) electrons. The first-order chi connectivity index (χ1) is 12.5. The molecule has 2 amide bonds. The van der Waals surface area contributed by atoms with Crippen LogP contribution in [-0.2, 0) is 9.59 Å². The van der Waals surface area contributed by atoms with Crippen molar-refractivity contribution in [3.63, 3.8) is 0 Å². The van der Waals surface area contributed by atoms with E-state index in [2.05, 4.69) is 17.6 Å². The average molecular weight is 356 g/mol. The molecule has 3 atom stereocenters. The van der Waals surface area contributed by atoms with Crippen molar-refractivity contribution < 1.29 is 9.59 Å². The molecule has 1 aliphatic rings. The molecular formula is C20H28N4O2. The number of rotatable bonds is 7. The predicted molar refractivity (Wildman–Crippen MR) is 102 cm³/mol. The summed E-state index contributed by atoms with van der Waals surface area (Å²) in [6, 6.07) is 10.0. The van der Waals surface area contributed by atoms with E-state index in [9.17, 15) is 9.59 Å². The Labute approximate surface area is 155 Å². The molecule has 1 heterocycles. The van der Waals surface area contributed by atoms with Crippen molar-refractivity contribution in [3.8, 4) is 6.07 Å². The number of fused-ring (bicyclic) bond motifs is 1. The molecule has 0 saturated carbocycles. The second kappa shape index (κ2) is 9.23. The smallest absolute Gasteiger partial charge is 0.239 e. The molecule has 6 nitrogen and oxygen atoms in total. The monoisotopic (exact) mass is 356 g/mol. The lowest BCUT2D eigenvalue weighted by Crippen LogP contribution is -2.48. The molecule has 6 heteroatoms. The van der Waals surface area contributed by atoms with Crippen molar-refractivity contribution in [2.24, 2.45) is 0 Å². The standard InChI is InChI=1S/C20H28N4O2/c1-4-14(2)23-20(26)17-12-15(3)24(13-19(25)22-11-7-10-21)18-9-6-5-8-16(17)18/h5-6,8-9,14-15,17H,4,7,11-13H2,1-3H3,(H,22,25)(H,23,26)/t14-,15+,17-/m0/s1. The third-order valence-electron chi connectivity index (χ3n) is 4.92. The van der Waals surface area contributed by atoms with Crippen molar-refractivity contribution in [3.05, 3.63) is 29.8 Å². The van der Waals surface area contributed by atoms with E-state index in [1.807, 2.05) is 49.1 Å². The zero-order valence-electron chi connectivity index (χ0n) is 15.8.